The van der Waals surface area contributed by atoms with Gasteiger partial charge in [0.05, 0.1) is 0 Å². The Morgan fingerprint density at radius 1 is 1.05 bits per heavy atom. The molecule has 2 amide bonds. The molecular formula is C15H13FN2O3. The summed E-state index contributed by atoms with van der Waals surface area (Å²) < 4.78 is 17.9. The highest BCUT2D eigenvalue weighted by Crippen LogP contribution is 2.12. The van der Waals surface area contributed by atoms with Crippen LogP contribution in [0.2, 0.25) is 0 Å². The summed E-state index contributed by atoms with van der Waals surface area (Å²) in [6.45, 7) is -0.205. The van der Waals surface area contributed by atoms with Gasteiger partial charge in [0, 0.05) is 11.3 Å². The molecule has 0 spiro atoms. The number of amides is 2. The molecule has 0 atom stereocenters. The second kappa shape index (κ2) is 6.51. The van der Waals surface area contributed by atoms with Crippen LogP contribution in [0, 0.1) is 5.82 Å². The number of halogens is 1. The molecule has 21 heavy (non-hydrogen) atoms. The van der Waals surface area contributed by atoms with Gasteiger partial charge in [-0.1, -0.05) is 0 Å². The van der Waals surface area contributed by atoms with E-state index in [4.69, 9.17) is 10.5 Å². The first-order valence-corrected chi connectivity index (χ1v) is 6.12. The molecule has 0 aliphatic heterocycles. The molecule has 108 valence electrons. The quantitative estimate of drug-likeness (QED) is 0.882. The molecule has 5 nitrogen and oxygen atoms in total. The third-order valence-electron chi connectivity index (χ3n) is 2.64. The zero-order valence-corrected chi connectivity index (χ0v) is 11.0. The molecule has 0 unspecified atom stereocenters. The van der Waals surface area contributed by atoms with Crippen LogP contribution in [0.15, 0.2) is 48.5 Å². The van der Waals surface area contributed by atoms with Gasteiger partial charge >= 0.3 is 0 Å². The van der Waals surface area contributed by atoms with Gasteiger partial charge in [0.15, 0.2) is 6.61 Å². The molecule has 0 saturated heterocycles. The van der Waals surface area contributed by atoms with Gasteiger partial charge in [0.2, 0.25) is 5.91 Å². The van der Waals surface area contributed by atoms with Crippen LogP contribution in [0.4, 0.5) is 10.1 Å². The van der Waals surface area contributed by atoms with E-state index >= 15 is 0 Å². The van der Waals surface area contributed by atoms with E-state index in [1.54, 1.807) is 12.1 Å². The molecule has 3 N–H and O–H groups in total. The average molecular weight is 288 g/mol. The highest BCUT2D eigenvalue weighted by atomic mass is 19.1. The maximum atomic E-state index is 12.7. The lowest BCUT2D eigenvalue weighted by Gasteiger charge is -2.07. The number of hydrogen-bond donors (Lipinski definition) is 2. The lowest BCUT2D eigenvalue weighted by molar-refractivity contribution is -0.118. The Morgan fingerprint density at radius 2 is 1.67 bits per heavy atom. The van der Waals surface area contributed by atoms with E-state index < -0.39 is 5.91 Å². The van der Waals surface area contributed by atoms with E-state index in [0.717, 1.165) is 0 Å². The number of ether oxygens (including phenoxy) is 1. The molecule has 2 aromatic carbocycles. The highest BCUT2D eigenvalue weighted by molar-refractivity contribution is 5.95. The van der Waals surface area contributed by atoms with E-state index in [9.17, 15) is 14.0 Å². The number of hydrogen-bond acceptors (Lipinski definition) is 3. The van der Waals surface area contributed by atoms with E-state index in [0.29, 0.717) is 17.0 Å². The zero-order valence-electron chi connectivity index (χ0n) is 11.0. The van der Waals surface area contributed by atoms with Crippen molar-refractivity contribution in [1.82, 2.24) is 0 Å². The molecule has 0 aliphatic carbocycles. The number of nitrogens with two attached hydrogens (primary N) is 1. The van der Waals surface area contributed by atoms with Crippen molar-refractivity contribution >= 4 is 17.5 Å². The van der Waals surface area contributed by atoms with Crippen molar-refractivity contribution < 1.29 is 18.7 Å². The van der Waals surface area contributed by atoms with Crippen molar-refractivity contribution in [3.63, 3.8) is 0 Å². The lowest BCUT2D eigenvalue weighted by atomic mass is 10.2. The van der Waals surface area contributed by atoms with E-state index in [1.807, 2.05) is 0 Å². The third kappa shape index (κ3) is 4.31. The van der Waals surface area contributed by atoms with Crippen LogP contribution < -0.4 is 15.8 Å². The lowest BCUT2D eigenvalue weighted by Crippen LogP contribution is -2.20. The number of nitrogens with one attached hydrogen (secondary N) is 1. The first kappa shape index (κ1) is 14.5. The van der Waals surface area contributed by atoms with Crippen molar-refractivity contribution in [2.45, 2.75) is 0 Å². The molecule has 0 radical (unpaired) electrons. The van der Waals surface area contributed by atoms with Gasteiger partial charge in [-0.15, -0.1) is 0 Å². The second-order valence-electron chi connectivity index (χ2n) is 4.23. The van der Waals surface area contributed by atoms with Gasteiger partial charge in [-0.25, -0.2) is 4.39 Å². The Morgan fingerprint density at radius 3 is 2.24 bits per heavy atom. The van der Waals surface area contributed by atoms with Crippen LogP contribution in [0.25, 0.3) is 0 Å². The molecule has 0 heterocycles. The van der Waals surface area contributed by atoms with Gasteiger partial charge in [-0.05, 0) is 48.5 Å². The molecular weight excluding hydrogens is 275 g/mol. The van der Waals surface area contributed by atoms with Gasteiger partial charge in [0.25, 0.3) is 5.91 Å². The van der Waals surface area contributed by atoms with Crippen LogP contribution >= 0.6 is 0 Å². The van der Waals surface area contributed by atoms with Gasteiger partial charge < -0.3 is 15.8 Å². The van der Waals surface area contributed by atoms with Crippen molar-refractivity contribution in [2.24, 2.45) is 5.73 Å². The Balaban J connectivity index is 1.86. The molecule has 0 aliphatic rings. The Bertz CT molecular complexity index is 639. The van der Waals surface area contributed by atoms with E-state index in [2.05, 4.69) is 5.32 Å². The fourth-order valence-electron chi connectivity index (χ4n) is 1.59. The Hall–Kier alpha value is -2.89. The average Bonchev–Trinajstić information content (AvgIpc) is 2.47. The highest BCUT2D eigenvalue weighted by Gasteiger charge is 2.05. The predicted octanol–water partition coefficient (Wildman–Crippen LogP) is 1.94. The third-order valence-corrected chi connectivity index (χ3v) is 2.64. The molecule has 2 aromatic rings. The number of primary amides is 1. The largest absolute Gasteiger partial charge is 0.484 e. The van der Waals surface area contributed by atoms with Gasteiger partial charge in [-0.2, -0.15) is 0 Å². The number of rotatable bonds is 5. The standard InChI is InChI=1S/C15H13FN2O3/c16-11-3-7-13(8-4-11)21-9-14(19)18-12-5-1-10(2-6-12)15(17)20/h1-8H,9H2,(H2,17,20)(H,18,19). The first-order chi connectivity index (χ1) is 10.0. The maximum Gasteiger partial charge on any atom is 0.262 e. The summed E-state index contributed by atoms with van der Waals surface area (Å²) in [6.07, 6.45) is 0. The summed E-state index contributed by atoms with van der Waals surface area (Å²) in [6, 6.07) is 11.5. The van der Waals surface area contributed by atoms with Crippen LogP contribution in [0.3, 0.4) is 0 Å². The molecule has 0 fully saturated rings. The monoisotopic (exact) mass is 288 g/mol. The van der Waals surface area contributed by atoms with Crippen molar-refractivity contribution in [1.29, 1.82) is 0 Å². The molecule has 6 heteroatoms. The van der Waals surface area contributed by atoms with Crippen molar-refractivity contribution in [2.75, 3.05) is 11.9 Å². The molecule has 2 rings (SSSR count). The van der Waals surface area contributed by atoms with Gasteiger partial charge in [0.1, 0.15) is 11.6 Å². The minimum atomic E-state index is -0.535. The van der Waals surface area contributed by atoms with Gasteiger partial charge in [-0.3, -0.25) is 9.59 Å². The van der Waals surface area contributed by atoms with Crippen molar-refractivity contribution in [3.8, 4) is 5.75 Å². The minimum Gasteiger partial charge on any atom is -0.484 e. The van der Waals surface area contributed by atoms with E-state index in [-0.39, 0.29) is 18.3 Å². The predicted molar refractivity (Wildman–Crippen MR) is 75.5 cm³/mol. The first-order valence-electron chi connectivity index (χ1n) is 6.12. The summed E-state index contributed by atoms with van der Waals surface area (Å²) in [5, 5.41) is 2.60. The summed E-state index contributed by atoms with van der Waals surface area (Å²) in [4.78, 5) is 22.6. The Labute approximate surface area is 120 Å². The maximum absolute atomic E-state index is 12.7. The smallest absolute Gasteiger partial charge is 0.262 e. The Kier molecular flexibility index (Phi) is 4.50. The number of benzene rings is 2. The normalized spacial score (nSPS) is 9.95. The molecule has 0 bridgehead atoms. The van der Waals surface area contributed by atoms with Crippen LogP contribution in [0.5, 0.6) is 5.75 Å². The molecule has 0 aromatic heterocycles. The zero-order chi connectivity index (χ0) is 15.2. The fraction of sp³-hybridized carbons (Fsp3) is 0.0667. The van der Waals surface area contributed by atoms with Crippen LogP contribution in [0.1, 0.15) is 10.4 Å². The number of carbonyl (C=O) groups is 2. The van der Waals surface area contributed by atoms with E-state index in [1.165, 1.54) is 36.4 Å². The van der Waals surface area contributed by atoms with Crippen LogP contribution in [-0.4, -0.2) is 18.4 Å². The van der Waals surface area contributed by atoms with Crippen molar-refractivity contribution in [3.05, 3.63) is 59.9 Å². The minimum absolute atomic E-state index is 0.205. The SMILES string of the molecule is NC(=O)c1ccc(NC(=O)COc2ccc(F)cc2)cc1. The summed E-state index contributed by atoms with van der Waals surface area (Å²) in [7, 11) is 0. The molecule has 0 saturated carbocycles. The summed E-state index contributed by atoms with van der Waals surface area (Å²) in [5.74, 6) is -0.879. The topological polar surface area (TPSA) is 81.4 Å². The summed E-state index contributed by atoms with van der Waals surface area (Å²) >= 11 is 0. The second-order valence-corrected chi connectivity index (χ2v) is 4.23. The summed E-state index contributed by atoms with van der Waals surface area (Å²) in [5.41, 5.74) is 5.99. The number of anilines is 1. The van der Waals surface area contributed by atoms with Crippen LogP contribution in [-0.2, 0) is 4.79 Å². The number of carbonyl (C=O) groups excluding carboxylic acids is 2. The fourth-order valence-corrected chi connectivity index (χ4v) is 1.59.